The van der Waals surface area contributed by atoms with Crippen LogP contribution in [0.3, 0.4) is 0 Å². The van der Waals surface area contributed by atoms with Gasteiger partial charge in [-0.25, -0.2) is 8.78 Å². The molecule has 0 bridgehead atoms. The van der Waals surface area contributed by atoms with Crippen molar-refractivity contribution in [2.75, 3.05) is 11.9 Å². The van der Waals surface area contributed by atoms with Gasteiger partial charge >= 0.3 is 0 Å². The summed E-state index contributed by atoms with van der Waals surface area (Å²) >= 11 is 0. The molecule has 1 aromatic rings. The summed E-state index contributed by atoms with van der Waals surface area (Å²) in [6.45, 7) is 1.08. The van der Waals surface area contributed by atoms with Gasteiger partial charge in [-0.2, -0.15) is 0 Å². The van der Waals surface area contributed by atoms with Crippen LogP contribution in [0.4, 0.5) is 14.5 Å². The lowest BCUT2D eigenvalue weighted by Crippen LogP contribution is -2.14. The van der Waals surface area contributed by atoms with Crippen molar-refractivity contribution in [3.8, 4) is 0 Å². The first-order valence-corrected chi connectivity index (χ1v) is 4.41. The van der Waals surface area contributed by atoms with Crippen LogP contribution in [-0.2, 0) is 4.79 Å². The van der Waals surface area contributed by atoms with Crippen LogP contribution in [0.5, 0.6) is 0 Å². The molecule has 0 aromatic heterocycles. The Morgan fingerprint density at radius 1 is 1.47 bits per heavy atom. The fraction of sp³-hybridized carbons (Fsp3) is 0.300. The number of halogens is 2. The smallest absolute Gasteiger partial charge is 0.226 e. The summed E-state index contributed by atoms with van der Waals surface area (Å²) in [4.78, 5) is 11.1. The zero-order chi connectivity index (χ0) is 11.4. The largest absolute Gasteiger partial charge is 0.396 e. The standard InChI is InChI=1S/C10H11F2NO2/c1-6-8(13-9(15)4-5-14)3-2-7(11)10(6)12/h2-3,14H,4-5H2,1H3,(H,13,15). The zero-order valence-corrected chi connectivity index (χ0v) is 8.18. The minimum absolute atomic E-state index is 0.0429. The van der Waals surface area contributed by atoms with Crippen LogP contribution >= 0.6 is 0 Å². The number of aliphatic hydroxyl groups excluding tert-OH is 1. The van der Waals surface area contributed by atoms with E-state index in [9.17, 15) is 13.6 Å². The Morgan fingerprint density at radius 3 is 2.73 bits per heavy atom. The second-order valence-electron chi connectivity index (χ2n) is 3.06. The van der Waals surface area contributed by atoms with E-state index in [0.29, 0.717) is 0 Å². The van der Waals surface area contributed by atoms with Crippen molar-refractivity contribution in [3.63, 3.8) is 0 Å². The molecule has 82 valence electrons. The molecule has 0 heterocycles. The molecule has 2 N–H and O–H groups in total. The fourth-order valence-corrected chi connectivity index (χ4v) is 1.10. The first-order chi connectivity index (χ1) is 7.06. The minimum Gasteiger partial charge on any atom is -0.396 e. The van der Waals surface area contributed by atoms with Gasteiger partial charge in [-0.05, 0) is 19.1 Å². The third-order valence-corrected chi connectivity index (χ3v) is 1.95. The van der Waals surface area contributed by atoms with Crippen molar-refractivity contribution in [2.45, 2.75) is 13.3 Å². The van der Waals surface area contributed by atoms with Crippen LogP contribution < -0.4 is 5.32 Å². The number of carbonyl (C=O) groups is 1. The molecule has 15 heavy (non-hydrogen) atoms. The van der Waals surface area contributed by atoms with Crippen LogP contribution in [0.25, 0.3) is 0 Å². The summed E-state index contributed by atoms with van der Waals surface area (Å²) in [5.41, 5.74) is 0.258. The quantitative estimate of drug-likeness (QED) is 0.804. The molecule has 3 nitrogen and oxygen atoms in total. The van der Waals surface area contributed by atoms with Crippen molar-refractivity contribution in [3.05, 3.63) is 29.3 Å². The van der Waals surface area contributed by atoms with E-state index in [1.165, 1.54) is 13.0 Å². The lowest BCUT2D eigenvalue weighted by Gasteiger charge is -2.08. The van der Waals surface area contributed by atoms with E-state index in [1.807, 2.05) is 0 Å². The lowest BCUT2D eigenvalue weighted by atomic mass is 10.2. The molecule has 0 spiro atoms. The SMILES string of the molecule is Cc1c(NC(=O)CCO)ccc(F)c1F. The number of carbonyl (C=O) groups excluding carboxylic acids is 1. The Balaban J connectivity index is 2.87. The summed E-state index contributed by atoms with van der Waals surface area (Å²) < 4.78 is 25.8. The van der Waals surface area contributed by atoms with Crippen LogP contribution in [-0.4, -0.2) is 17.6 Å². The molecule has 1 rings (SSSR count). The third kappa shape index (κ3) is 2.73. The van der Waals surface area contributed by atoms with Crippen LogP contribution in [0.15, 0.2) is 12.1 Å². The minimum atomic E-state index is -0.975. The van der Waals surface area contributed by atoms with E-state index >= 15 is 0 Å². The molecular weight excluding hydrogens is 204 g/mol. The van der Waals surface area contributed by atoms with Crippen molar-refractivity contribution in [2.24, 2.45) is 0 Å². The molecule has 1 aromatic carbocycles. The summed E-state index contributed by atoms with van der Waals surface area (Å²) in [6.07, 6.45) is -0.0710. The number of hydrogen-bond acceptors (Lipinski definition) is 2. The van der Waals surface area contributed by atoms with E-state index in [1.54, 1.807) is 0 Å². The summed E-state index contributed by atoms with van der Waals surface area (Å²) in [5.74, 6) is -2.36. The molecule has 5 heteroatoms. The number of benzene rings is 1. The highest BCUT2D eigenvalue weighted by Gasteiger charge is 2.11. The predicted molar refractivity (Wildman–Crippen MR) is 51.4 cm³/mol. The van der Waals surface area contributed by atoms with Gasteiger partial charge < -0.3 is 10.4 Å². The summed E-state index contributed by atoms with van der Waals surface area (Å²) in [5, 5.41) is 10.9. The van der Waals surface area contributed by atoms with Gasteiger partial charge in [0, 0.05) is 11.3 Å². The molecule has 0 aliphatic heterocycles. The van der Waals surface area contributed by atoms with Gasteiger partial charge in [0.1, 0.15) is 0 Å². The summed E-state index contributed by atoms with van der Waals surface area (Å²) in [6, 6.07) is 2.22. The van der Waals surface area contributed by atoms with Gasteiger partial charge in [0.15, 0.2) is 11.6 Å². The van der Waals surface area contributed by atoms with Crippen molar-refractivity contribution in [1.82, 2.24) is 0 Å². The Labute approximate surface area is 85.7 Å². The molecule has 0 radical (unpaired) electrons. The zero-order valence-electron chi connectivity index (χ0n) is 8.18. The van der Waals surface area contributed by atoms with Crippen molar-refractivity contribution >= 4 is 11.6 Å². The molecule has 1 amide bonds. The second kappa shape index (κ2) is 4.84. The van der Waals surface area contributed by atoms with Crippen LogP contribution in [0.1, 0.15) is 12.0 Å². The van der Waals surface area contributed by atoms with Gasteiger partial charge in [-0.3, -0.25) is 4.79 Å². The van der Waals surface area contributed by atoms with E-state index in [4.69, 9.17) is 5.11 Å². The summed E-state index contributed by atoms with van der Waals surface area (Å²) in [7, 11) is 0. The number of rotatable bonds is 3. The molecule has 0 atom stereocenters. The first-order valence-electron chi connectivity index (χ1n) is 4.41. The molecule has 0 saturated heterocycles. The Hall–Kier alpha value is -1.49. The van der Waals surface area contributed by atoms with E-state index < -0.39 is 17.5 Å². The molecule has 0 saturated carbocycles. The average molecular weight is 215 g/mol. The highest BCUT2D eigenvalue weighted by molar-refractivity contribution is 5.91. The number of anilines is 1. The normalized spacial score (nSPS) is 10.1. The van der Waals surface area contributed by atoms with E-state index in [2.05, 4.69) is 5.32 Å². The monoisotopic (exact) mass is 215 g/mol. The van der Waals surface area contributed by atoms with Crippen LogP contribution in [0, 0.1) is 18.6 Å². The van der Waals surface area contributed by atoms with E-state index in [0.717, 1.165) is 6.07 Å². The molecule has 0 aliphatic rings. The van der Waals surface area contributed by atoms with Crippen molar-refractivity contribution in [1.29, 1.82) is 0 Å². The third-order valence-electron chi connectivity index (χ3n) is 1.95. The second-order valence-corrected chi connectivity index (χ2v) is 3.06. The average Bonchev–Trinajstić information content (AvgIpc) is 2.20. The number of hydrogen-bond donors (Lipinski definition) is 2. The number of aliphatic hydroxyl groups is 1. The lowest BCUT2D eigenvalue weighted by molar-refractivity contribution is -0.116. The molecule has 0 aliphatic carbocycles. The maximum absolute atomic E-state index is 13.1. The molecular formula is C10H11F2NO2. The first kappa shape index (κ1) is 11.6. The van der Waals surface area contributed by atoms with Crippen molar-refractivity contribution < 1.29 is 18.7 Å². The number of nitrogens with one attached hydrogen (secondary N) is 1. The molecule has 0 unspecified atom stereocenters. The van der Waals surface area contributed by atoms with Gasteiger partial charge in [0.05, 0.1) is 13.0 Å². The maximum Gasteiger partial charge on any atom is 0.226 e. The van der Waals surface area contributed by atoms with Gasteiger partial charge in [0.25, 0.3) is 0 Å². The number of amides is 1. The van der Waals surface area contributed by atoms with Gasteiger partial charge in [-0.15, -0.1) is 0 Å². The predicted octanol–water partition coefficient (Wildman–Crippen LogP) is 1.59. The Bertz CT molecular complexity index is 380. The Morgan fingerprint density at radius 2 is 2.13 bits per heavy atom. The maximum atomic E-state index is 13.1. The van der Waals surface area contributed by atoms with E-state index in [-0.39, 0.29) is 24.3 Å². The topological polar surface area (TPSA) is 49.3 Å². The van der Waals surface area contributed by atoms with Gasteiger partial charge in [-0.1, -0.05) is 0 Å². The molecule has 0 fully saturated rings. The fourth-order valence-electron chi connectivity index (χ4n) is 1.10. The highest BCUT2D eigenvalue weighted by atomic mass is 19.2. The van der Waals surface area contributed by atoms with Crippen LogP contribution in [0.2, 0.25) is 0 Å². The van der Waals surface area contributed by atoms with Gasteiger partial charge in [0.2, 0.25) is 5.91 Å². The highest BCUT2D eigenvalue weighted by Crippen LogP contribution is 2.20. The Kier molecular flexibility index (Phi) is 3.74.